The minimum atomic E-state index is -5.08. The number of benzene rings is 2. The molecular weight excluding hydrogens is 527 g/mol. The SMILES string of the molecule is CN1CC(=O)N(c2cccc(F)c2)CC12CCN(C(=O)c1ccc(C(F)(F)F)cc1)C2.O=C(O)C(F)(F)F. The summed E-state index contributed by atoms with van der Waals surface area (Å²) >= 11 is 0. The predicted molar refractivity (Wildman–Crippen MR) is 120 cm³/mol. The highest BCUT2D eigenvalue weighted by molar-refractivity contribution is 5.97. The van der Waals surface area contributed by atoms with Crippen molar-refractivity contribution >= 4 is 23.5 Å². The van der Waals surface area contributed by atoms with E-state index < -0.39 is 35.2 Å². The number of alkyl halides is 6. The first-order chi connectivity index (χ1) is 17.5. The van der Waals surface area contributed by atoms with Gasteiger partial charge in [-0.15, -0.1) is 0 Å². The molecule has 0 saturated carbocycles. The molecule has 2 heterocycles. The van der Waals surface area contributed by atoms with Gasteiger partial charge < -0.3 is 14.9 Å². The number of carbonyl (C=O) groups excluding carboxylic acids is 2. The van der Waals surface area contributed by atoms with Gasteiger partial charge in [0, 0.05) is 30.9 Å². The fourth-order valence-electron chi connectivity index (χ4n) is 4.29. The molecule has 4 rings (SSSR count). The number of hydrogen-bond acceptors (Lipinski definition) is 4. The molecule has 14 heteroatoms. The van der Waals surface area contributed by atoms with Crippen LogP contribution in [0, 0.1) is 5.82 Å². The molecule has 2 saturated heterocycles. The van der Waals surface area contributed by atoms with Crippen LogP contribution in [-0.2, 0) is 15.8 Å². The van der Waals surface area contributed by atoms with Gasteiger partial charge in [0.2, 0.25) is 5.91 Å². The summed E-state index contributed by atoms with van der Waals surface area (Å²) in [5.74, 6) is -3.71. The minimum absolute atomic E-state index is 0.124. The summed E-state index contributed by atoms with van der Waals surface area (Å²) in [7, 11) is 1.81. The number of carboxylic acids is 1. The molecule has 0 aromatic heterocycles. The average molecular weight is 549 g/mol. The number of rotatable bonds is 2. The van der Waals surface area contributed by atoms with Crippen LogP contribution in [0.2, 0.25) is 0 Å². The second-order valence-electron chi connectivity index (χ2n) is 8.89. The van der Waals surface area contributed by atoms with Gasteiger partial charge in [0.25, 0.3) is 5.91 Å². The summed E-state index contributed by atoms with van der Waals surface area (Å²) in [6.07, 6.45) is -8.95. The van der Waals surface area contributed by atoms with E-state index in [-0.39, 0.29) is 23.9 Å². The van der Waals surface area contributed by atoms with Crippen molar-refractivity contribution in [2.45, 2.75) is 24.3 Å². The summed E-state index contributed by atoms with van der Waals surface area (Å²) < 4.78 is 83.8. The number of carboxylic acid groups (broad SMARTS) is 1. The highest BCUT2D eigenvalue weighted by Gasteiger charge is 2.49. The molecule has 2 aromatic carbocycles. The monoisotopic (exact) mass is 549 g/mol. The van der Waals surface area contributed by atoms with Gasteiger partial charge >= 0.3 is 18.3 Å². The van der Waals surface area contributed by atoms with Crippen LogP contribution in [0.1, 0.15) is 22.3 Å². The van der Waals surface area contributed by atoms with Crippen LogP contribution in [-0.4, -0.2) is 77.6 Å². The molecule has 2 fully saturated rings. The number of halogens is 7. The molecule has 7 nitrogen and oxygen atoms in total. The molecule has 1 atom stereocenters. The number of likely N-dealkylation sites (N-methyl/N-ethyl adjacent to an activating group) is 1. The van der Waals surface area contributed by atoms with E-state index >= 15 is 0 Å². The summed E-state index contributed by atoms with van der Waals surface area (Å²) in [6, 6.07) is 9.98. The van der Waals surface area contributed by atoms with E-state index in [4.69, 9.17) is 9.90 Å². The molecule has 0 radical (unpaired) electrons. The molecular formula is C24H22F7N3O4. The van der Waals surface area contributed by atoms with E-state index in [1.165, 1.54) is 35.2 Å². The number of aliphatic carboxylic acids is 1. The van der Waals surface area contributed by atoms with Gasteiger partial charge in [0.1, 0.15) is 5.82 Å². The number of anilines is 1. The quantitative estimate of drug-likeness (QED) is 0.573. The maximum absolute atomic E-state index is 13.7. The maximum Gasteiger partial charge on any atom is 0.490 e. The largest absolute Gasteiger partial charge is 0.490 e. The zero-order chi connectivity index (χ0) is 28.5. The number of nitrogens with zero attached hydrogens (tertiary/aromatic N) is 3. The Balaban J connectivity index is 0.000000505. The lowest BCUT2D eigenvalue weighted by Crippen LogP contribution is -2.64. The van der Waals surface area contributed by atoms with E-state index in [2.05, 4.69) is 0 Å². The third-order valence-electron chi connectivity index (χ3n) is 6.38. The van der Waals surface area contributed by atoms with Crippen molar-refractivity contribution in [3.8, 4) is 0 Å². The Morgan fingerprint density at radius 2 is 1.58 bits per heavy atom. The van der Waals surface area contributed by atoms with Crippen molar-refractivity contribution in [1.29, 1.82) is 0 Å². The lowest BCUT2D eigenvalue weighted by Gasteiger charge is -2.46. The lowest BCUT2D eigenvalue weighted by atomic mass is 9.92. The van der Waals surface area contributed by atoms with Gasteiger partial charge in [0.05, 0.1) is 17.6 Å². The third-order valence-corrected chi connectivity index (χ3v) is 6.38. The fraction of sp³-hybridized carbons (Fsp3) is 0.375. The van der Waals surface area contributed by atoms with Gasteiger partial charge in [-0.05, 0) is 55.9 Å². The zero-order valence-corrected chi connectivity index (χ0v) is 19.8. The Hall–Kier alpha value is -3.68. The minimum Gasteiger partial charge on any atom is -0.475 e. The van der Waals surface area contributed by atoms with Gasteiger partial charge in [-0.1, -0.05) is 6.07 Å². The third kappa shape index (κ3) is 6.41. The maximum atomic E-state index is 13.7. The van der Waals surface area contributed by atoms with Crippen LogP contribution < -0.4 is 4.90 Å². The first kappa shape index (κ1) is 28.9. The van der Waals surface area contributed by atoms with Crippen LogP contribution >= 0.6 is 0 Å². The van der Waals surface area contributed by atoms with Gasteiger partial charge in [-0.3, -0.25) is 14.5 Å². The van der Waals surface area contributed by atoms with E-state index in [0.717, 1.165) is 12.1 Å². The van der Waals surface area contributed by atoms with Crippen molar-refractivity contribution < 1.29 is 50.2 Å². The lowest BCUT2D eigenvalue weighted by molar-refractivity contribution is -0.192. The van der Waals surface area contributed by atoms with E-state index in [0.29, 0.717) is 31.7 Å². The molecule has 0 aliphatic carbocycles. The summed E-state index contributed by atoms with van der Waals surface area (Å²) in [5.41, 5.74) is -0.674. The van der Waals surface area contributed by atoms with Crippen molar-refractivity contribution in [2.75, 3.05) is 38.1 Å². The molecule has 206 valence electrons. The standard InChI is InChI=1S/C22H21F4N3O2.C2HF3O2/c1-27-12-19(30)29(18-4-2-3-17(23)11-18)14-21(27)9-10-28(13-21)20(31)15-5-7-16(8-6-15)22(24,25)26;3-2(4,5)1(6)7/h2-8,11H,9-10,12-14H2,1H3;(H,6,7). The van der Waals surface area contributed by atoms with Crippen molar-refractivity contribution in [3.63, 3.8) is 0 Å². The average Bonchev–Trinajstić information content (AvgIpc) is 3.25. The second kappa shape index (κ2) is 10.6. The number of likely N-dealkylation sites (tertiary alicyclic amines) is 1. The van der Waals surface area contributed by atoms with Crippen LogP contribution in [0.5, 0.6) is 0 Å². The van der Waals surface area contributed by atoms with E-state index in [9.17, 15) is 40.3 Å². The zero-order valence-electron chi connectivity index (χ0n) is 19.8. The first-order valence-corrected chi connectivity index (χ1v) is 11.1. The number of carbonyl (C=O) groups is 3. The molecule has 2 amide bonds. The normalized spacial score (nSPS) is 20.4. The second-order valence-corrected chi connectivity index (χ2v) is 8.89. The number of amides is 2. The molecule has 1 spiro atoms. The smallest absolute Gasteiger partial charge is 0.475 e. The number of piperazine rings is 1. The van der Waals surface area contributed by atoms with Crippen LogP contribution in [0.4, 0.5) is 36.4 Å². The molecule has 0 bridgehead atoms. The Labute approximate surface area is 212 Å². The first-order valence-electron chi connectivity index (χ1n) is 11.1. The predicted octanol–water partition coefficient (Wildman–Crippen LogP) is 4.04. The summed E-state index contributed by atoms with van der Waals surface area (Å²) in [5, 5.41) is 7.12. The topological polar surface area (TPSA) is 81.2 Å². The molecule has 2 aliphatic rings. The molecule has 1 unspecified atom stereocenters. The summed E-state index contributed by atoms with van der Waals surface area (Å²) in [6.45, 7) is 1.15. The van der Waals surface area contributed by atoms with Gasteiger partial charge in [0.15, 0.2) is 0 Å². The fourth-order valence-corrected chi connectivity index (χ4v) is 4.29. The van der Waals surface area contributed by atoms with E-state index in [1.807, 2.05) is 11.9 Å². The molecule has 1 N–H and O–H groups in total. The Kier molecular flexibility index (Phi) is 8.05. The van der Waals surface area contributed by atoms with Gasteiger partial charge in [-0.2, -0.15) is 26.3 Å². The van der Waals surface area contributed by atoms with Crippen molar-refractivity contribution in [3.05, 3.63) is 65.5 Å². The highest BCUT2D eigenvalue weighted by Crippen LogP contribution is 2.35. The Bertz CT molecular complexity index is 1200. The van der Waals surface area contributed by atoms with Gasteiger partial charge in [-0.25, -0.2) is 9.18 Å². The summed E-state index contributed by atoms with van der Waals surface area (Å²) in [4.78, 5) is 39.4. The number of hydrogen-bond donors (Lipinski definition) is 1. The van der Waals surface area contributed by atoms with E-state index in [1.54, 1.807) is 11.0 Å². The highest BCUT2D eigenvalue weighted by atomic mass is 19.4. The van der Waals surface area contributed by atoms with Crippen molar-refractivity contribution in [2.24, 2.45) is 0 Å². The Morgan fingerprint density at radius 1 is 0.974 bits per heavy atom. The Morgan fingerprint density at radius 3 is 2.11 bits per heavy atom. The van der Waals surface area contributed by atoms with Crippen molar-refractivity contribution in [1.82, 2.24) is 9.80 Å². The molecule has 38 heavy (non-hydrogen) atoms. The molecule has 2 aromatic rings. The van der Waals surface area contributed by atoms with Crippen LogP contribution in [0.25, 0.3) is 0 Å². The van der Waals surface area contributed by atoms with Crippen LogP contribution in [0.15, 0.2) is 48.5 Å². The van der Waals surface area contributed by atoms with Crippen LogP contribution in [0.3, 0.4) is 0 Å². The molecule has 2 aliphatic heterocycles.